The Morgan fingerprint density at radius 1 is 0.562 bits per heavy atom. The van der Waals surface area contributed by atoms with Crippen LogP contribution >= 0.6 is 0 Å². The first-order valence-corrected chi connectivity index (χ1v) is 5.04. The van der Waals surface area contributed by atoms with Crippen LogP contribution in [-0.4, -0.2) is 0 Å². The van der Waals surface area contributed by atoms with E-state index in [9.17, 15) is 0 Å². The zero-order valence-corrected chi connectivity index (χ0v) is 8.72. The van der Waals surface area contributed by atoms with Gasteiger partial charge in [-0.1, -0.05) is 60.7 Å². The molecule has 3 rings (SSSR count). The van der Waals surface area contributed by atoms with E-state index in [1.165, 1.54) is 21.5 Å². The van der Waals surface area contributed by atoms with Gasteiger partial charge in [-0.25, -0.2) is 0 Å². The lowest BCUT2D eigenvalue weighted by molar-refractivity contribution is 1.53. The van der Waals surface area contributed by atoms with Gasteiger partial charge in [-0.15, -0.1) is 0 Å². The fraction of sp³-hybridized carbons (Fsp3) is 0. The van der Waals surface area contributed by atoms with Gasteiger partial charge in [-0.2, -0.15) is 0 Å². The van der Waals surface area contributed by atoms with Gasteiger partial charge in [0.15, 0.2) is 0 Å². The van der Waals surface area contributed by atoms with Gasteiger partial charge < -0.3 is 11.8 Å². The molecule has 0 aromatic heterocycles. The second-order valence-electron chi connectivity index (χ2n) is 3.51. The van der Waals surface area contributed by atoms with Gasteiger partial charge in [0, 0.05) is 0 Å². The lowest BCUT2D eigenvalue weighted by Crippen LogP contribution is -1.75. The van der Waals surface area contributed by atoms with Crippen LogP contribution in [0.25, 0.3) is 21.5 Å². The standard InChI is InChI=1S/C14H10.CN/c1-3-7-13-11(5-1)9-10-12-6-2-4-8-14(12)13;1-2/h1-10H;/q;-1. The minimum absolute atomic E-state index is 1.31. The highest BCUT2D eigenvalue weighted by atomic mass is 14.2. The number of benzene rings is 3. The normalized spacial score (nSPS) is 9.62. The Hall–Kier alpha value is -2.33. The van der Waals surface area contributed by atoms with Crippen LogP contribution in [0.4, 0.5) is 0 Å². The predicted molar refractivity (Wildman–Crippen MR) is 66.4 cm³/mol. The van der Waals surface area contributed by atoms with E-state index in [2.05, 4.69) is 60.7 Å². The maximum absolute atomic E-state index is 6.25. The van der Waals surface area contributed by atoms with E-state index in [4.69, 9.17) is 11.8 Å². The van der Waals surface area contributed by atoms with Crippen molar-refractivity contribution < 1.29 is 0 Å². The molecular weight excluding hydrogens is 194 g/mol. The van der Waals surface area contributed by atoms with Crippen molar-refractivity contribution in [2.75, 3.05) is 0 Å². The second kappa shape index (κ2) is 4.46. The van der Waals surface area contributed by atoms with Gasteiger partial charge in [0.25, 0.3) is 0 Å². The van der Waals surface area contributed by atoms with Gasteiger partial charge in [-0.3, -0.25) is 0 Å². The summed E-state index contributed by atoms with van der Waals surface area (Å²) >= 11 is 0. The van der Waals surface area contributed by atoms with Crippen LogP contribution in [0.3, 0.4) is 0 Å². The molecule has 0 unspecified atom stereocenters. The highest BCUT2D eigenvalue weighted by Crippen LogP contribution is 2.24. The molecule has 16 heavy (non-hydrogen) atoms. The van der Waals surface area contributed by atoms with Gasteiger partial charge >= 0.3 is 0 Å². The van der Waals surface area contributed by atoms with E-state index in [0.717, 1.165) is 0 Å². The highest BCUT2D eigenvalue weighted by Gasteiger charge is 1.97. The molecule has 76 valence electrons. The minimum atomic E-state index is 1.31. The first-order chi connectivity index (χ1) is 7.95. The summed E-state index contributed by atoms with van der Waals surface area (Å²) in [6.45, 7) is 4.75. The van der Waals surface area contributed by atoms with Crippen LogP contribution in [0.1, 0.15) is 0 Å². The molecule has 0 N–H and O–H groups in total. The fourth-order valence-corrected chi connectivity index (χ4v) is 1.95. The Labute approximate surface area is 94.6 Å². The third kappa shape index (κ3) is 1.62. The lowest BCUT2D eigenvalue weighted by Gasteiger charge is -2.02. The molecule has 1 heteroatoms. The van der Waals surface area contributed by atoms with Crippen LogP contribution in [0.5, 0.6) is 0 Å². The summed E-state index contributed by atoms with van der Waals surface area (Å²) < 4.78 is 0. The van der Waals surface area contributed by atoms with Crippen molar-refractivity contribution in [2.45, 2.75) is 0 Å². The zero-order chi connectivity index (χ0) is 11.4. The molecule has 0 aliphatic heterocycles. The summed E-state index contributed by atoms with van der Waals surface area (Å²) in [5.41, 5.74) is 0. The van der Waals surface area contributed by atoms with Gasteiger partial charge in [0.05, 0.1) is 0 Å². The summed E-state index contributed by atoms with van der Waals surface area (Å²) in [6.07, 6.45) is 0. The summed E-state index contributed by atoms with van der Waals surface area (Å²) in [6, 6.07) is 21.4. The van der Waals surface area contributed by atoms with Crippen molar-refractivity contribution >= 4 is 21.5 Å². The van der Waals surface area contributed by atoms with Crippen molar-refractivity contribution in [3.05, 3.63) is 67.2 Å². The Morgan fingerprint density at radius 3 is 1.38 bits per heavy atom. The fourth-order valence-electron chi connectivity index (χ4n) is 1.95. The van der Waals surface area contributed by atoms with Crippen molar-refractivity contribution in [2.24, 2.45) is 0 Å². The van der Waals surface area contributed by atoms with E-state index < -0.39 is 0 Å². The molecule has 0 atom stereocenters. The van der Waals surface area contributed by atoms with Crippen molar-refractivity contribution in [1.82, 2.24) is 0 Å². The summed E-state index contributed by atoms with van der Waals surface area (Å²) in [4.78, 5) is 0. The van der Waals surface area contributed by atoms with Crippen LogP contribution in [0.15, 0.2) is 60.7 Å². The third-order valence-electron chi connectivity index (χ3n) is 2.65. The Balaban J connectivity index is 0.000000457. The second-order valence-corrected chi connectivity index (χ2v) is 3.51. The van der Waals surface area contributed by atoms with Crippen LogP contribution in [-0.2, 0) is 0 Å². The van der Waals surface area contributed by atoms with E-state index in [-0.39, 0.29) is 0 Å². The Bertz CT molecular complexity index is 583. The monoisotopic (exact) mass is 204 g/mol. The topological polar surface area (TPSA) is 23.8 Å². The van der Waals surface area contributed by atoms with Gasteiger partial charge in [0.2, 0.25) is 0 Å². The average Bonchev–Trinajstić information content (AvgIpc) is 2.41. The van der Waals surface area contributed by atoms with E-state index in [1.54, 1.807) is 0 Å². The highest BCUT2D eigenvalue weighted by molar-refractivity contribution is 6.07. The van der Waals surface area contributed by atoms with Crippen LogP contribution in [0.2, 0.25) is 0 Å². The van der Waals surface area contributed by atoms with Crippen molar-refractivity contribution in [1.29, 1.82) is 5.26 Å². The molecule has 0 aliphatic carbocycles. The molecule has 0 bridgehead atoms. The number of nitrogens with zero attached hydrogens (tertiary/aromatic N) is 1. The van der Waals surface area contributed by atoms with Crippen LogP contribution < -0.4 is 0 Å². The van der Waals surface area contributed by atoms with E-state index in [0.29, 0.717) is 0 Å². The number of rotatable bonds is 0. The van der Waals surface area contributed by atoms with Gasteiger partial charge in [-0.05, 0) is 21.5 Å². The quantitative estimate of drug-likeness (QED) is 0.399. The number of hydrogen-bond acceptors (Lipinski definition) is 1. The summed E-state index contributed by atoms with van der Waals surface area (Å²) in [7, 11) is 0. The molecule has 0 heterocycles. The molecule has 0 spiro atoms. The maximum atomic E-state index is 6.25. The first-order valence-electron chi connectivity index (χ1n) is 5.04. The molecule has 3 aromatic rings. The average molecular weight is 204 g/mol. The summed E-state index contributed by atoms with van der Waals surface area (Å²) in [5, 5.41) is 11.5. The smallest absolute Gasteiger partial charge is 0.0105 e. The first kappa shape index (κ1) is 10.2. The predicted octanol–water partition coefficient (Wildman–Crippen LogP) is 4.09. The maximum Gasteiger partial charge on any atom is -0.0105 e. The van der Waals surface area contributed by atoms with Crippen LogP contribution in [0, 0.1) is 11.8 Å². The molecular formula is C15H10N-. The minimum Gasteiger partial charge on any atom is -0.512 e. The Kier molecular flexibility index (Phi) is 2.84. The number of fused-ring (bicyclic) bond motifs is 3. The molecule has 1 nitrogen and oxygen atoms in total. The largest absolute Gasteiger partial charge is 0.512 e. The SMILES string of the molecule is [C-]#N.c1ccc2c(c1)ccc1ccccc12. The van der Waals surface area contributed by atoms with Crippen molar-refractivity contribution in [3.8, 4) is 0 Å². The zero-order valence-electron chi connectivity index (χ0n) is 8.72. The summed E-state index contributed by atoms with van der Waals surface area (Å²) in [5.74, 6) is 0. The van der Waals surface area contributed by atoms with E-state index >= 15 is 0 Å². The Morgan fingerprint density at radius 2 is 0.938 bits per heavy atom. The molecule has 0 saturated heterocycles. The molecule has 0 fully saturated rings. The number of hydrogen-bond donors (Lipinski definition) is 0. The third-order valence-corrected chi connectivity index (χ3v) is 2.65. The van der Waals surface area contributed by atoms with Gasteiger partial charge in [0.1, 0.15) is 0 Å². The van der Waals surface area contributed by atoms with E-state index in [1.807, 2.05) is 0 Å². The molecule has 0 amide bonds. The molecule has 3 aromatic carbocycles. The lowest BCUT2D eigenvalue weighted by atomic mass is 10.0. The molecule has 0 radical (unpaired) electrons. The van der Waals surface area contributed by atoms with Crippen molar-refractivity contribution in [3.63, 3.8) is 0 Å². The molecule has 0 aliphatic rings. The molecule has 0 saturated carbocycles.